The minimum Gasteiger partial charge on any atom is -0.342 e. The van der Waals surface area contributed by atoms with Gasteiger partial charge in [0.25, 0.3) is 0 Å². The van der Waals surface area contributed by atoms with Crippen LogP contribution in [-0.2, 0) is 4.79 Å². The third-order valence-electron chi connectivity index (χ3n) is 3.42. The molecule has 2 atom stereocenters. The van der Waals surface area contributed by atoms with Crippen molar-refractivity contribution in [1.82, 2.24) is 4.90 Å². The van der Waals surface area contributed by atoms with Crippen LogP contribution in [0.4, 0.5) is 0 Å². The van der Waals surface area contributed by atoms with Gasteiger partial charge in [0.15, 0.2) is 0 Å². The molecule has 1 aliphatic carbocycles. The number of amides is 1. The van der Waals surface area contributed by atoms with Crippen molar-refractivity contribution in [2.75, 3.05) is 24.6 Å². The van der Waals surface area contributed by atoms with Crippen LogP contribution >= 0.6 is 24.2 Å². The van der Waals surface area contributed by atoms with Gasteiger partial charge in [-0.15, -0.1) is 12.4 Å². The number of hydrogen-bond donors (Lipinski definition) is 1. The van der Waals surface area contributed by atoms with Crippen molar-refractivity contribution in [1.29, 1.82) is 0 Å². The maximum absolute atomic E-state index is 12.2. The fourth-order valence-corrected chi connectivity index (χ4v) is 3.38. The monoisotopic (exact) mass is 264 g/mol. The quantitative estimate of drug-likeness (QED) is 0.781. The minimum absolute atomic E-state index is 0. The Morgan fingerprint density at radius 3 is 2.69 bits per heavy atom. The van der Waals surface area contributed by atoms with E-state index in [-0.39, 0.29) is 24.4 Å². The zero-order chi connectivity index (χ0) is 10.7. The van der Waals surface area contributed by atoms with E-state index in [1.54, 1.807) is 0 Å². The summed E-state index contributed by atoms with van der Waals surface area (Å²) in [6, 6.07) is 0.119. The molecule has 2 aliphatic rings. The molecule has 2 unspecified atom stereocenters. The Labute approximate surface area is 108 Å². The molecule has 2 rings (SSSR count). The highest BCUT2D eigenvalue weighted by Crippen LogP contribution is 2.26. The van der Waals surface area contributed by atoms with Crippen molar-refractivity contribution in [3.63, 3.8) is 0 Å². The van der Waals surface area contributed by atoms with E-state index >= 15 is 0 Å². The molecule has 1 saturated heterocycles. The van der Waals surface area contributed by atoms with Crippen LogP contribution in [0.3, 0.4) is 0 Å². The molecule has 1 saturated carbocycles. The fraction of sp³-hybridized carbons (Fsp3) is 0.909. The van der Waals surface area contributed by atoms with Crippen LogP contribution in [0.2, 0.25) is 0 Å². The summed E-state index contributed by atoms with van der Waals surface area (Å²) in [4.78, 5) is 14.2. The summed E-state index contributed by atoms with van der Waals surface area (Å²) in [6.45, 7) is 1.86. The van der Waals surface area contributed by atoms with Gasteiger partial charge in [-0.1, -0.05) is 6.42 Å². The van der Waals surface area contributed by atoms with Crippen LogP contribution in [0, 0.1) is 5.92 Å². The smallest absolute Gasteiger partial charge is 0.227 e. The number of nitrogens with two attached hydrogens (primary N) is 1. The number of hydrogen-bond acceptors (Lipinski definition) is 3. The number of halogens is 1. The summed E-state index contributed by atoms with van der Waals surface area (Å²) >= 11 is 1.96. The van der Waals surface area contributed by atoms with Crippen LogP contribution < -0.4 is 5.73 Å². The zero-order valence-corrected chi connectivity index (χ0v) is 11.2. The van der Waals surface area contributed by atoms with E-state index in [1.165, 1.54) is 5.75 Å². The number of rotatable bonds is 1. The summed E-state index contributed by atoms with van der Waals surface area (Å²) in [6.07, 6.45) is 4.29. The zero-order valence-electron chi connectivity index (χ0n) is 9.56. The summed E-state index contributed by atoms with van der Waals surface area (Å²) in [5.74, 6) is 2.73. The van der Waals surface area contributed by atoms with Crippen LogP contribution in [0.1, 0.15) is 25.7 Å². The van der Waals surface area contributed by atoms with Crippen molar-refractivity contribution < 1.29 is 4.79 Å². The highest BCUT2D eigenvalue weighted by molar-refractivity contribution is 7.99. The van der Waals surface area contributed by atoms with Gasteiger partial charge >= 0.3 is 0 Å². The van der Waals surface area contributed by atoms with Gasteiger partial charge in [0.05, 0.1) is 5.92 Å². The molecule has 2 N–H and O–H groups in total. The molecular formula is C11H21ClN2OS. The molecule has 0 aromatic rings. The van der Waals surface area contributed by atoms with E-state index in [0.29, 0.717) is 5.91 Å². The predicted octanol–water partition coefficient (Wildman–Crippen LogP) is 1.50. The Hall–Kier alpha value is 0.0700. The van der Waals surface area contributed by atoms with Gasteiger partial charge in [0, 0.05) is 24.9 Å². The first-order valence-electron chi connectivity index (χ1n) is 5.91. The van der Waals surface area contributed by atoms with Crippen LogP contribution in [0.15, 0.2) is 0 Å². The fourth-order valence-electron chi connectivity index (χ4n) is 2.50. The van der Waals surface area contributed by atoms with Gasteiger partial charge in [-0.2, -0.15) is 11.8 Å². The highest BCUT2D eigenvalue weighted by atomic mass is 35.5. The predicted molar refractivity (Wildman–Crippen MR) is 71.1 cm³/mol. The van der Waals surface area contributed by atoms with Crippen molar-refractivity contribution >= 4 is 30.1 Å². The summed E-state index contributed by atoms with van der Waals surface area (Å²) in [5.41, 5.74) is 5.97. The van der Waals surface area contributed by atoms with Gasteiger partial charge in [0.2, 0.25) is 5.91 Å². The number of carbonyl (C=O) groups is 1. The standard InChI is InChI=1S/C11H20N2OS.ClH/c12-10-4-1-3-9(10)11(14)13-5-2-7-15-8-6-13;/h9-10H,1-8,12H2;1H. The minimum atomic E-state index is 0. The van der Waals surface area contributed by atoms with Gasteiger partial charge in [0.1, 0.15) is 0 Å². The normalized spacial score (nSPS) is 30.7. The average molecular weight is 265 g/mol. The van der Waals surface area contributed by atoms with Crippen molar-refractivity contribution in [2.24, 2.45) is 11.7 Å². The van der Waals surface area contributed by atoms with Crippen molar-refractivity contribution in [2.45, 2.75) is 31.7 Å². The van der Waals surface area contributed by atoms with E-state index in [4.69, 9.17) is 5.73 Å². The van der Waals surface area contributed by atoms with E-state index in [2.05, 4.69) is 0 Å². The van der Waals surface area contributed by atoms with E-state index in [9.17, 15) is 4.79 Å². The first-order valence-corrected chi connectivity index (χ1v) is 7.06. The highest BCUT2D eigenvalue weighted by Gasteiger charge is 2.33. The molecule has 0 aromatic heterocycles. The molecule has 1 aliphatic heterocycles. The van der Waals surface area contributed by atoms with E-state index in [1.807, 2.05) is 16.7 Å². The molecule has 0 radical (unpaired) electrons. The lowest BCUT2D eigenvalue weighted by Crippen LogP contribution is -2.42. The Balaban J connectivity index is 0.00000128. The molecule has 0 spiro atoms. The molecular weight excluding hydrogens is 244 g/mol. The molecule has 3 nitrogen and oxygen atoms in total. The maximum Gasteiger partial charge on any atom is 0.227 e. The Bertz CT molecular complexity index is 232. The van der Waals surface area contributed by atoms with Crippen molar-refractivity contribution in [3.8, 4) is 0 Å². The third kappa shape index (κ3) is 3.28. The molecule has 2 fully saturated rings. The SMILES string of the molecule is Cl.NC1CCCC1C(=O)N1CCCSCC1. The molecule has 0 aromatic carbocycles. The van der Waals surface area contributed by atoms with Gasteiger partial charge in [-0.3, -0.25) is 4.79 Å². The summed E-state index contributed by atoms with van der Waals surface area (Å²) in [5, 5.41) is 0. The number of thioether (sulfide) groups is 1. The van der Waals surface area contributed by atoms with Crippen molar-refractivity contribution in [3.05, 3.63) is 0 Å². The summed E-state index contributed by atoms with van der Waals surface area (Å²) < 4.78 is 0. The Morgan fingerprint density at radius 1 is 1.19 bits per heavy atom. The molecule has 16 heavy (non-hydrogen) atoms. The molecule has 1 amide bonds. The van der Waals surface area contributed by atoms with Crippen LogP contribution in [0.25, 0.3) is 0 Å². The second-order valence-electron chi connectivity index (χ2n) is 4.49. The first-order chi connectivity index (χ1) is 7.29. The molecule has 0 bridgehead atoms. The largest absolute Gasteiger partial charge is 0.342 e. The second kappa shape index (κ2) is 6.72. The van der Waals surface area contributed by atoms with E-state index in [0.717, 1.165) is 44.5 Å². The van der Waals surface area contributed by atoms with Crippen LogP contribution in [-0.4, -0.2) is 41.4 Å². The molecule has 5 heteroatoms. The number of nitrogens with zero attached hydrogens (tertiary/aromatic N) is 1. The van der Waals surface area contributed by atoms with Crippen LogP contribution in [0.5, 0.6) is 0 Å². The van der Waals surface area contributed by atoms with E-state index < -0.39 is 0 Å². The van der Waals surface area contributed by atoms with Gasteiger partial charge < -0.3 is 10.6 Å². The first kappa shape index (κ1) is 14.1. The van der Waals surface area contributed by atoms with Gasteiger partial charge in [-0.05, 0) is 25.0 Å². The van der Waals surface area contributed by atoms with Gasteiger partial charge in [-0.25, -0.2) is 0 Å². The Morgan fingerprint density at radius 2 is 2.00 bits per heavy atom. The topological polar surface area (TPSA) is 46.3 Å². The average Bonchev–Trinajstić information content (AvgIpc) is 2.53. The number of carbonyl (C=O) groups excluding carboxylic acids is 1. The molecule has 1 heterocycles. The lowest BCUT2D eigenvalue weighted by Gasteiger charge is -2.25. The second-order valence-corrected chi connectivity index (χ2v) is 5.72. The maximum atomic E-state index is 12.2. The lowest BCUT2D eigenvalue weighted by molar-refractivity contribution is -0.135. The summed E-state index contributed by atoms with van der Waals surface area (Å²) in [7, 11) is 0. The third-order valence-corrected chi connectivity index (χ3v) is 4.47. The molecule has 94 valence electrons. The Kier molecular flexibility index (Phi) is 5.94. The lowest BCUT2D eigenvalue weighted by atomic mass is 10.0.